The molecule has 106 valence electrons. The van der Waals surface area contributed by atoms with E-state index in [0.717, 1.165) is 24.8 Å². The highest BCUT2D eigenvalue weighted by molar-refractivity contribution is 5.84. The zero-order valence-electron chi connectivity index (χ0n) is 11.7. The molecule has 3 rings (SSSR count). The van der Waals surface area contributed by atoms with Gasteiger partial charge in [-0.1, -0.05) is 12.1 Å². The molecule has 1 aliphatic rings. The van der Waals surface area contributed by atoms with Gasteiger partial charge in [0.05, 0.1) is 0 Å². The second-order valence-electron chi connectivity index (χ2n) is 5.41. The molecule has 2 heterocycles. The zero-order chi connectivity index (χ0) is 13.9. The quantitative estimate of drug-likeness (QED) is 0.897. The van der Waals surface area contributed by atoms with E-state index in [4.69, 9.17) is 4.74 Å². The molecule has 1 aromatic heterocycles. The lowest BCUT2D eigenvalue weighted by molar-refractivity contribution is -0.129. The average Bonchev–Trinajstić information content (AvgIpc) is 3.08. The number of hydrogen-bond acceptors (Lipinski definition) is 2. The Balaban J connectivity index is 1.58. The highest BCUT2D eigenvalue weighted by Crippen LogP contribution is 2.19. The molecule has 0 saturated carbocycles. The summed E-state index contributed by atoms with van der Waals surface area (Å²) < 4.78 is 5.37. The van der Waals surface area contributed by atoms with Crippen LogP contribution in [-0.4, -0.2) is 30.1 Å². The molecule has 1 aromatic carbocycles. The summed E-state index contributed by atoms with van der Waals surface area (Å²) >= 11 is 0. The number of benzene rings is 1. The standard InChI is InChI=1S/C16H20N2O2/c1-11-4-5-13-12(10-18-14(13)9-11)6-7-17-16(19)15-3-2-8-20-15/h4-5,9-10,15,18H,2-3,6-8H2,1H3,(H,17,19)/t15-/m1/s1. The van der Waals surface area contributed by atoms with Crippen LogP contribution in [0.15, 0.2) is 24.4 Å². The number of hydrogen-bond donors (Lipinski definition) is 2. The SMILES string of the molecule is Cc1ccc2c(CCNC(=O)[C@H]3CCCO3)c[nH]c2c1. The minimum atomic E-state index is -0.236. The van der Waals surface area contributed by atoms with Crippen LogP contribution in [0.5, 0.6) is 0 Å². The molecule has 1 fully saturated rings. The number of carbonyl (C=O) groups excluding carboxylic acids is 1. The van der Waals surface area contributed by atoms with Crippen LogP contribution >= 0.6 is 0 Å². The molecule has 0 bridgehead atoms. The van der Waals surface area contributed by atoms with Crippen molar-refractivity contribution in [3.63, 3.8) is 0 Å². The summed E-state index contributed by atoms with van der Waals surface area (Å²) in [6.07, 6.45) is 4.46. The molecule has 0 unspecified atom stereocenters. The Kier molecular flexibility index (Phi) is 3.74. The van der Waals surface area contributed by atoms with Gasteiger partial charge in [-0.15, -0.1) is 0 Å². The number of aromatic nitrogens is 1. The van der Waals surface area contributed by atoms with Gasteiger partial charge in [0.1, 0.15) is 6.10 Å². The predicted octanol–water partition coefficient (Wildman–Crippen LogP) is 2.31. The summed E-state index contributed by atoms with van der Waals surface area (Å²) in [6, 6.07) is 6.40. The molecule has 0 spiro atoms. The van der Waals surface area contributed by atoms with Crippen molar-refractivity contribution < 1.29 is 9.53 Å². The molecular formula is C16H20N2O2. The van der Waals surface area contributed by atoms with E-state index in [9.17, 15) is 4.79 Å². The number of fused-ring (bicyclic) bond motifs is 1. The molecule has 4 nitrogen and oxygen atoms in total. The number of H-pyrrole nitrogens is 1. The minimum absolute atomic E-state index is 0.0261. The normalized spacial score (nSPS) is 18.6. The molecular weight excluding hydrogens is 252 g/mol. The van der Waals surface area contributed by atoms with Gasteiger partial charge in [-0.25, -0.2) is 0 Å². The molecule has 1 amide bonds. The van der Waals surface area contributed by atoms with Crippen LogP contribution in [0.1, 0.15) is 24.0 Å². The van der Waals surface area contributed by atoms with Crippen LogP contribution in [-0.2, 0) is 16.0 Å². The highest BCUT2D eigenvalue weighted by Gasteiger charge is 2.22. The largest absolute Gasteiger partial charge is 0.368 e. The summed E-state index contributed by atoms with van der Waals surface area (Å²) in [6.45, 7) is 3.45. The fraction of sp³-hybridized carbons (Fsp3) is 0.438. The van der Waals surface area contributed by atoms with Gasteiger partial charge in [0.15, 0.2) is 0 Å². The van der Waals surface area contributed by atoms with Crippen LogP contribution in [0.4, 0.5) is 0 Å². The minimum Gasteiger partial charge on any atom is -0.368 e. The van der Waals surface area contributed by atoms with Crippen LogP contribution in [0.3, 0.4) is 0 Å². The number of nitrogens with one attached hydrogen (secondary N) is 2. The first kappa shape index (κ1) is 13.2. The second-order valence-corrected chi connectivity index (χ2v) is 5.41. The number of carbonyl (C=O) groups is 1. The Bertz CT molecular complexity index is 612. The smallest absolute Gasteiger partial charge is 0.249 e. The van der Waals surface area contributed by atoms with Gasteiger partial charge in [0.25, 0.3) is 0 Å². The van der Waals surface area contributed by atoms with Gasteiger partial charge in [-0.05, 0) is 43.4 Å². The van der Waals surface area contributed by atoms with E-state index < -0.39 is 0 Å². The average molecular weight is 272 g/mol. The third kappa shape index (κ3) is 2.70. The van der Waals surface area contributed by atoms with Crippen molar-refractivity contribution in [2.75, 3.05) is 13.2 Å². The van der Waals surface area contributed by atoms with Gasteiger partial charge in [0.2, 0.25) is 5.91 Å². The zero-order valence-corrected chi connectivity index (χ0v) is 11.7. The van der Waals surface area contributed by atoms with Crippen LogP contribution in [0.2, 0.25) is 0 Å². The summed E-state index contributed by atoms with van der Waals surface area (Å²) in [7, 11) is 0. The van der Waals surface area contributed by atoms with Crippen molar-refractivity contribution in [2.45, 2.75) is 32.3 Å². The number of aryl methyl sites for hydroxylation is 1. The third-order valence-electron chi connectivity index (χ3n) is 3.84. The van der Waals surface area contributed by atoms with E-state index in [2.05, 4.69) is 35.4 Å². The highest BCUT2D eigenvalue weighted by atomic mass is 16.5. The van der Waals surface area contributed by atoms with Gasteiger partial charge >= 0.3 is 0 Å². The molecule has 0 aliphatic carbocycles. The molecule has 2 aromatic rings. The fourth-order valence-electron chi connectivity index (χ4n) is 2.73. The molecule has 1 atom stereocenters. The number of amides is 1. The number of aromatic amines is 1. The van der Waals surface area contributed by atoms with Gasteiger partial charge < -0.3 is 15.0 Å². The van der Waals surface area contributed by atoms with Crippen molar-refractivity contribution in [3.05, 3.63) is 35.5 Å². The Hall–Kier alpha value is -1.81. The Labute approximate surface area is 118 Å². The van der Waals surface area contributed by atoms with Crippen molar-refractivity contribution in [1.82, 2.24) is 10.3 Å². The van der Waals surface area contributed by atoms with Crippen molar-refractivity contribution in [2.24, 2.45) is 0 Å². The van der Waals surface area contributed by atoms with E-state index in [1.807, 2.05) is 6.20 Å². The monoisotopic (exact) mass is 272 g/mol. The van der Waals surface area contributed by atoms with E-state index in [1.165, 1.54) is 16.5 Å². The second kappa shape index (κ2) is 5.67. The molecule has 0 radical (unpaired) electrons. The Morgan fingerprint density at radius 3 is 3.20 bits per heavy atom. The van der Waals surface area contributed by atoms with Crippen LogP contribution in [0, 0.1) is 6.92 Å². The summed E-state index contributed by atoms with van der Waals surface area (Å²) in [5.74, 6) is 0.0261. The fourth-order valence-corrected chi connectivity index (χ4v) is 2.73. The lowest BCUT2D eigenvalue weighted by atomic mass is 10.1. The van der Waals surface area contributed by atoms with Crippen LogP contribution in [0.25, 0.3) is 10.9 Å². The van der Waals surface area contributed by atoms with E-state index in [-0.39, 0.29) is 12.0 Å². The summed E-state index contributed by atoms with van der Waals surface area (Å²) in [5.41, 5.74) is 3.65. The van der Waals surface area contributed by atoms with Crippen molar-refractivity contribution >= 4 is 16.8 Å². The van der Waals surface area contributed by atoms with Gasteiger partial charge in [-0.3, -0.25) is 4.79 Å². The molecule has 2 N–H and O–H groups in total. The summed E-state index contributed by atoms with van der Waals surface area (Å²) in [4.78, 5) is 15.1. The van der Waals surface area contributed by atoms with E-state index >= 15 is 0 Å². The van der Waals surface area contributed by atoms with Gasteiger partial charge in [0, 0.05) is 30.3 Å². The third-order valence-corrected chi connectivity index (χ3v) is 3.84. The Morgan fingerprint density at radius 1 is 1.50 bits per heavy atom. The Morgan fingerprint density at radius 2 is 2.40 bits per heavy atom. The number of ether oxygens (including phenoxy) is 1. The van der Waals surface area contributed by atoms with Crippen molar-refractivity contribution in [3.8, 4) is 0 Å². The first-order chi connectivity index (χ1) is 9.74. The first-order valence-electron chi connectivity index (χ1n) is 7.20. The maximum atomic E-state index is 11.8. The van der Waals surface area contributed by atoms with Gasteiger partial charge in [-0.2, -0.15) is 0 Å². The maximum Gasteiger partial charge on any atom is 0.249 e. The molecule has 1 saturated heterocycles. The molecule has 4 heteroatoms. The van der Waals surface area contributed by atoms with E-state index in [1.54, 1.807) is 0 Å². The summed E-state index contributed by atoms with van der Waals surface area (Å²) in [5, 5.41) is 4.20. The first-order valence-corrected chi connectivity index (χ1v) is 7.20. The lowest BCUT2D eigenvalue weighted by Crippen LogP contribution is -2.35. The van der Waals surface area contributed by atoms with Crippen LogP contribution < -0.4 is 5.32 Å². The number of rotatable bonds is 4. The molecule has 20 heavy (non-hydrogen) atoms. The lowest BCUT2D eigenvalue weighted by Gasteiger charge is -2.09. The van der Waals surface area contributed by atoms with E-state index in [0.29, 0.717) is 13.2 Å². The topological polar surface area (TPSA) is 54.1 Å². The molecule has 1 aliphatic heterocycles. The maximum absolute atomic E-state index is 11.8. The van der Waals surface area contributed by atoms with Crippen molar-refractivity contribution in [1.29, 1.82) is 0 Å². The predicted molar refractivity (Wildman–Crippen MR) is 78.7 cm³/mol.